The van der Waals surface area contributed by atoms with E-state index in [0.717, 1.165) is 128 Å². The van der Waals surface area contributed by atoms with Crippen molar-refractivity contribution in [3.63, 3.8) is 0 Å². The molecule has 0 saturated heterocycles. The fourth-order valence-corrected chi connectivity index (χ4v) is 6.40. The van der Waals surface area contributed by atoms with Crippen LogP contribution in [0.25, 0.3) is 0 Å². The van der Waals surface area contributed by atoms with Gasteiger partial charge in [0.25, 0.3) is 0 Å². The summed E-state index contributed by atoms with van der Waals surface area (Å²) >= 11 is 0. The van der Waals surface area contributed by atoms with E-state index in [4.69, 9.17) is 22.9 Å². The molecule has 0 aromatic heterocycles. The minimum Gasteiger partial charge on any atom is -0.388 e. The third-order valence-electron chi connectivity index (χ3n) is 10.5. The van der Waals surface area contributed by atoms with E-state index in [1.54, 1.807) is 0 Å². The molecule has 3 aliphatic rings. The third kappa shape index (κ3) is 21.1. The lowest BCUT2D eigenvalue weighted by molar-refractivity contribution is 0.959. The largest absolute Gasteiger partial charge is 0.388 e. The predicted octanol–water partition coefficient (Wildman–Crippen LogP) is 5.78. The van der Waals surface area contributed by atoms with Gasteiger partial charge in [-0.1, -0.05) is 0 Å². The van der Waals surface area contributed by atoms with Gasteiger partial charge < -0.3 is 80.6 Å². The monoisotopic (exact) mass is 969 g/mol. The number of rotatable bonds is 13. The van der Waals surface area contributed by atoms with Crippen LogP contribution in [0.5, 0.6) is 0 Å². The zero-order chi connectivity index (χ0) is 51.2. The number of hydrogen-bond acceptors (Lipinski definition) is 16. The highest BCUT2D eigenvalue weighted by Gasteiger charge is 2.07. The Morgan fingerprint density at radius 1 is 0.465 bits per heavy atom. The second kappa shape index (κ2) is 30.8. The van der Waals surface area contributed by atoms with E-state index in [-0.39, 0.29) is 11.9 Å². The van der Waals surface area contributed by atoms with Gasteiger partial charge in [-0.15, -0.1) is 0 Å². The van der Waals surface area contributed by atoms with Gasteiger partial charge in [0.1, 0.15) is 0 Å². The zero-order valence-corrected chi connectivity index (χ0v) is 42.4. The van der Waals surface area contributed by atoms with Crippen molar-refractivity contribution in [2.24, 2.45) is 47.9 Å². The first kappa shape index (κ1) is 55.0. The summed E-state index contributed by atoms with van der Waals surface area (Å²) in [5.41, 5.74) is 31.3. The van der Waals surface area contributed by atoms with Crippen LogP contribution in [0.4, 0.5) is 56.9 Å². The number of anilines is 8. The van der Waals surface area contributed by atoms with E-state index < -0.39 is 0 Å². The molecule has 0 fully saturated rings. The van der Waals surface area contributed by atoms with E-state index in [1.807, 2.05) is 106 Å². The van der Waals surface area contributed by atoms with Crippen LogP contribution in [0.15, 0.2) is 146 Å². The lowest BCUT2D eigenvalue weighted by Gasteiger charge is -2.17. The van der Waals surface area contributed by atoms with Crippen molar-refractivity contribution in [2.75, 3.05) is 129 Å². The fourth-order valence-electron chi connectivity index (χ4n) is 6.40. The maximum absolute atomic E-state index is 5.27. The molecule has 0 unspecified atom stereocenters. The number of nitrogens with two attached hydrogens (primary N) is 4. The first-order valence-corrected chi connectivity index (χ1v) is 23.8. The molecule has 8 rings (SSSR count). The molecule has 20 heteroatoms. The Bertz CT molecular complexity index is 2420. The molecule has 5 aromatic rings. The number of benzene rings is 5. The molecule has 380 valence electrons. The molecule has 0 radical (unpaired) electrons. The van der Waals surface area contributed by atoms with Gasteiger partial charge in [0, 0.05) is 113 Å². The minimum atomic E-state index is 0.0761. The Morgan fingerprint density at radius 2 is 0.761 bits per heavy atom. The summed E-state index contributed by atoms with van der Waals surface area (Å²) in [4.78, 5) is 25.0. The van der Waals surface area contributed by atoms with Crippen LogP contribution in [0, 0.1) is 0 Å². The van der Waals surface area contributed by atoms with Crippen molar-refractivity contribution in [1.82, 2.24) is 16.0 Å². The molecule has 0 atom stereocenters. The quantitative estimate of drug-likeness (QED) is 0.0492. The van der Waals surface area contributed by atoms with Crippen LogP contribution in [0.1, 0.15) is 20.8 Å². The lowest BCUT2D eigenvalue weighted by Crippen LogP contribution is -2.26. The molecule has 0 bridgehead atoms. The average Bonchev–Trinajstić information content (AvgIpc) is 4.22. The zero-order valence-electron chi connectivity index (χ0n) is 42.4. The number of nitrogens with zero attached hydrogens (tertiary/aromatic N) is 7. The SMILES string of the molecule is CCN(C)c1ccc(N=C(N)N)cc1.CCN(C)c1ccc(NC2=NCCN2)cc1.CCNc1ccc(NC2=NCCN2)cc1.CNc1ccc(N=C(N)N)cc1.CNc1ccc(NC2=NCCN2)cc1. The highest BCUT2D eigenvalue weighted by molar-refractivity contribution is 5.96. The second-order valence-electron chi connectivity index (χ2n) is 15.7. The molecule has 5 aromatic carbocycles. The fraction of sp³-hybridized carbons (Fsp3) is 0.314. The summed E-state index contributed by atoms with van der Waals surface area (Å²) in [6.07, 6.45) is 0. The van der Waals surface area contributed by atoms with Crippen LogP contribution in [0.3, 0.4) is 0 Å². The molecule has 0 amide bonds. The van der Waals surface area contributed by atoms with E-state index in [2.05, 4.69) is 147 Å². The van der Waals surface area contributed by atoms with Crippen molar-refractivity contribution in [1.29, 1.82) is 0 Å². The normalized spacial score (nSPS) is 12.5. The Morgan fingerprint density at radius 3 is 1.06 bits per heavy atom. The Kier molecular flexibility index (Phi) is 23.8. The number of nitrogens with one attached hydrogen (secondary N) is 9. The van der Waals surface area contributed by atoms with E-state index >= 15 is 0 Å². The maximum atomic E-state index is 5.27. The maximum Gasteiger partial charge on any atom is 0.195 e. The Hall–Kier alpha value is -8.55. The molecule has 17 N–H and O–H groups in total. The van der Waals surface area contributed by atoms with Crippen LogP contribution in [-0.2, 0) is 0 Å². The molecule has 0 spiro atoms. The molecule has 0 saturated carbocycles. The average molecular weight is 969 g/mol. The van der Waals surface area contributed by atoms with Gasteiger partial charge in [0.15, 0.2) is 29.8 Å². The molecule has 71 heavy (non-hydrogen) atoms. The first-order valence-electron chi connectivity index (χ1n) is 23.8. The molecule has 3 aliphatic heterocycles. The van der Waals surface area contributed by atoms with E-state index in [9.17, 15) is 0 Å². The van der Waals surface area contributed by atoms with E-state index in [0.29, 0.717) is 0 Å². The van der Waals surface area contributed by atoms with Gasteiger partial charge in [-0.25, -0.2) is 9.98 Å². The van der Waals surface area contributed by atoms with Crippen LogP contribution in [-0.4, -0.2) is 117 Å². The van der Waals surface area contributed by atoms with Crippen molar-refractivity contribution < 1.29 is 0 Å². The van der Waals surface area contributed by atoms with Crippen LogP contribution in [0.2, 0.25) is 0 Å². The Balaban J connectivity index is 0.000000193. The van der Waals surface area contributed by atoms with Crippen LogP contribution < -0.4 is 80.6 Å². The summed E-state index contributed by atoms with van der Waals surface area (Å²) in [7, 11) is 7.89. The van der Waals surface area contributed by atoms with Crippen molar-refractivity contribution in [3.05, 3.63) is 121 Å². The molecule has 3 heterocycles. The van der Waals surface area contributed by atoms with Gasteiger partial charge in [-0.05, 0) is 142 Å². The topological polar surface area (TPSA) is 281 Å². The lowest BCUT2D eigenvalue weighted by atomic mass is 10.2. The standard InChI is InChI=1S/C12H18N4.C11H16N4.C10H14N4.C10H16N4.C8H12N4/c1-3-16(2)11-6-4-10(5-7-11)15-12-13-8-9-14-12;1-2-12-9-3-5-10(6-4-9)15-11-13-7-8-14-11;1-11-8-2-4-9(5-3-8)14-10-12-6-7-13-10;1-3-14(2)9-6-4-8(5-7-9)13-10(11)12;1-11-6-2-4-7(5-3-6)12-8(9)10/h4-7H,3,8-9H2,1-2H3,(H2,13,14,15);3-6,12H,2,7-8H2,1H3,(H2,13,14,15);2-5,11H,6-7H2,1H3,(H2,12,13,14);4-7H,3H2,1-2H3,(H4,11,12,13);2-5,11H,1H3,(H4,9,10,12). The summed E-state index contributed by atoms with van der Waals surface area (Å²) in [6, 6.07) is 39.9. The minimum absolute atomic E-state index is 0.0761. The van der Waals surface area contributed by atoms with Gasteiger partial charge >= 0.3 is 0 Å². The highest BCUT2D eigenvalue weighted by atomic mass is 15.2. The Labute approximate surface area is 420 Å². The summed E-state index contributed by atoms with van der Waals surface area (Å²) in [5.74, 6) is 2.76. The highest BCUT2D eigenvalue weighted by Crippen LogP contribution is 2.20. The molecule has 20 nitrogen and oxygen atoms in total. The smallest absolute Gasteiger partial charge is 0.195 e. The second-order valence-corrected chi connectivity index (χ2v) is 15.7. The van der Waals surface area contributed by atoms with Gasteiger partial charge in [-0.3, -0.25) is 15.0 Å². The van der Waals surface area contributed by atoms with Crippen molar-refractivity contribution >= 4 is 86.7 Å². The van der Waals surface area contributed by atoms with Crippen molar-refractivity contribution in [2.45, 2.75) is 20.8 Å². The summed E-state index contributed by atoms with van der Waals surface area (Å²) in [5, 5.41) is 28.5. The van der Waals surface area contributed by atoms with E-state index in [1.165, 1.54) is 5.69 Å². The van der Waals surface area contributed by atoms with Gasteiger partial charge in [-0.2, -0.15) is 0 Å². The number of aliphatic imine (C=N–C) groups is 5. The van der Waals surface area contributed by atoms with Crippen molar-refractivity contribution in [3.8, 4) is 0 Å². The third-order valence-corrected chi connectivity index (χ3v) is 10.5. The molecular weight excluding hydrogens is 893 g/mol. The number of guanidine groups is 5. The summed E-state index contributed by atoms with van der Waals surface area (Å²) in [6.45, 7) is 14.6. The summed E-state index contributed by atoms with van der Waals surface area (Å²) < 4.78 is 0. The first-order chi connectivity index (χ1) is 34.4. The van der Waals surface area contributed by atoms with Gasteiger partial charge in [0.05, 0.1) is 31.0 Å². The number of hydrogen-bond donors (Lipinski definition) is 13. The molecule has 0 aliphatic carbocycles. The molecular formula is C51H76N20. The van der Waals surface area contributed by atoms with Gasteiger partial charge in [0.2, 0.25) is 0 Å². The predicted molar refractivity (Wildman–Crippen MR) is 306 cm³/mol. The van der Waals surface area contributed by atoms with Crippen LogP contribution >= 0.6 is 0 Å².